The van der Waals surface area contributed by atoms with Gasteiger partial charge in [0, 0.05) is 26.1 Å². The number of carbonyl (C=O) groups is 2. The number of esters is 1. The fourth-order valence-corrected chi connectivity index (χ4v) is 2.86. The van der Waals surface area contributed by atoms with Gasteiger partial charge in [-0.3, -0.25) is 14.4 Å². The third-order valence-electron chi connectivity index (χ3n) is 4.29. The molecule has 3 heterocycles. The largest absolute Gasteiger partial charge is 0.455 e. The van der Waals surface area contributed by atoms with E-state index >= 15 is 0 Å². The molecule has 1 atom stereocenters. The van der Waals surface area contributed by atoms with Gasteiger partial charge in [0.25, 0.3) is 0 Å². The van der Waals surface area contributed by atoms with Crippen LogP contribution in [0.3, 0.4) is 0 Å². The van der Waals surface area contributed by atoms with Crippen LogP contribution >= 0.6 is 0 Å². The van der Waals surface area contributed by atoms with Crippen molar-refractivity contribution >= 4 is 17.7 Å². The number of hydrogen-bond donors (Lipinski definition) is 1. The van der Waals surface area contributed by atoms with E-state index in [1.165, 1.54) is 21.8 Å². The Kier molecular flexibility index (Phi) is 6.93. The fraction of sp³-hybridized carbons (Fsp3) is 0.667. The maximum Gasteiger partial charge on any atom is 0.361 e. The van der Waals surface area contributed by atoms with Gasteiger partial charge < -0.3 is 10.1 Å². The summed E-state index contributed by atoms with van der Waals surface area (Å²) in [7, 11) is 0. The predicted octanol–water partition coefficient (Wildman–Crippen LogP) is 0.845. The first kappa shape index (κ1) is 22.7. The molecule has 1 unspecified atom stereocenters. The molecule has 1 aliphatic rings. The van der Waals surface area contributed by atoms with E-state index in [1.807, 2.05) is 0 Å². The molecule has 170 valence electrons. The summed E-state index contributed by atoms with van der Waals surface area (Å²) < 4.78 is 35.0. The minimum Gasteiger partial charge on any atom is -0.455 e. The lowest BCUT2D eigenvalue weighted by Gasteiger charge is -2.33. The first-order valence-electron chi connectivity index (χ1n) is 9.91. The molecular formula is C18H26F2N8O3. The second-order valence-electron chi connectivity index (χ2n) is 8.42. The van der Waals surface area contributed by atoms with Crippen LogP contribution in [0.25, 0.3) is 0 Å². The topological polar surface area (TPSA) is 120 Å². The Labute approximate surface area is 177 Å². The maximum absolute atomic E-state index is 14.3. The van der Waals surface area contributed by atoms with Crippen LogP contribution in [0, 0.1) is 0 Å². The summed E-state index contributed by atoms with van der Waals surface area (Å²) in [4.78, 5) is 25.5. The summed E-state index contributed by atoms with van der Waals surface area (Å²) in [6.07, 6.45) is 0.804. The van der Waals surface area contributed by atoms with E-state index in [0.29, 0.717) is 0 Å². The van der Waals surface area contributed by atoms with Gasteiger partial charge in [-0.05, 0) is 20.8 Å². The van der Waals surface area contributed by atoms with E-state index < -0.39 is 23.9 Å². The second kappa shape index (κ2) is 9.45. The molecule has 0 aromatic carbocycles. The first-order chi connectivity index (χ1) is 14.6. The molecule has 11 nitrogen and oxygen atoms in total. The fourth-order valence-electron chi connectivity index (χ4n) is 2.86. The summed E-state index contributed by atoms with van der Waals surface area (Å²) in [5.41, 5.74) is -0.588. The lowest BCUT2D eigenvalue weighted by atomic mass is 10.2. The predicted molar refractivity (Wildman–Crippen MR) is 105 cm³/mol. The van der Waals surface area contributed by atoms with Crippen molar-refractivity contribution in [3.8, 4) is 0 Å². The number of amides is 1. The monoisotopic (exact) mass is 440 g/mol. The zero-order valence-electron chi connectivity index (χ0n) is 17.7. The molecule has 13 heteroatoms. The highest BCUT2D eigenvalue weighted by Gasteiger charge is 2.27. The zero-order chi connectivity index (χ0) is 22.6. The number of hydrogen-bond acceptors (Lipinski definition) is 8. The number of halogens is 2. The quantitative estimate of drug-likeness (QED) is 0.570. The zero-order valence-corrected chi connectivity index (χ0v) is 17.7. The third kappa shape index (κ3) is 7.05. The van der Waals surface area contributed by atoms with Crippen LogP contribution < -0.4 is 5.32 Å². The molecule has 31 heavy (non-hydrogen) atoms. The van der Waals surface area contributed by atoms with Gasteiger partial charge in [-0.1, -0.05) is 10.4 Å². The number of rotatable bonds is 9. The van der Waals surface area contributed by atoms with E-state index in [1.54, 1.807) is 25.7 Å². The lowest BCUT2D eigenvalue weighted by Crippen LogP contribution is -2.51. The molecule has 0 spiro atoms. The molecule has 1 amide bonds. The number of nitrogens with one attached hydrogen (secondary N) is 1. The van der Waals surface area contributed by atoms with Gasteiger partial charge in [-0.25, -0.2) is 18.3 Å². The summed E-state index contributed by atoms with van der Waals surface area (Å²) in [5, 5.41) is 17.7. The minimum absolute atomic E-state index is 0.0576. The van der Waals surface area contributed by atoms with Crippen molar-refractivity contribution in [3.63, 3.8) is 0 Å². The Balaban J connectivity index is 1.40. The van der Waals surface area contributed by atoms with E-state index in [2.05, 4.69) is 25.9 Å². The van der Waals surface area contributed by atoms with Crippen molar-refractivity contribution in [1.29, 1.82) is 0 Å². The molecule has 0 aliphatic carbocycles. The van der Waals surface area contributed by atoms with Crippen LogP contribution in [0.15, 0.2) is 12.4 Å². The van der Waals surface area contributed by atoms with Crippen LogP contribution in [0.1, 0.15) is 37.7 Å². The number of likely N-dealkylation sites (tertiary alicyclic amines) is 1. The Morgan fingerprint density at radius 1 is 1.23 bits per heavy atom. The van der Waals surface area contributed by atoms with Crippen molar-refractivity contribution in [3.05, 3.63) is 18.1 Å². The number of ether oxygens (including phenoxy) is 1. The van der Waals surface area contributed by atoms with Gasteiger partial charge in [0.05, 0.1) is 25.5 Å². The Bertz CT molecular complexity index is 904. The van der Waals surface area contributed by atoms with Crippen LogP contribution in [-0.4, -0.2) is 84.3 Å². The molecule has 2 aromatic rings. The molecule has 1 N–H and O–H groups in total. The normalized spacial score (nSPS) is 16.0. The van der Waals surface area contributed by atoms with Gasteiger partial charge in [0.2, 0.25) is 5.91 Å². The number of carbonyl (C=O) groups excluding carboxylic acids is 2. The Morgan fingerprint density at radius 3 is 2.61 bits per heavy atom. The maximum atomic E-state index is 14.3. The summed E-state index contributed by atoms with van der Waals surface area (Å²) in [6.45, 7) is 5.95. The number of anilines is 1. The lowest BCUT2D eigenvalue weighted by molar-refractivity contribution is -0.119. The first-order valence-corrected chi connectivity index (χ1v) is 9.91. The average molecular weight is 440 g/mol. The SMILES string of the molecule is CC(C)(C)OC(=O)c1cn(CCC(F)Cn2cc(NC(=O)CN3CC(F)C3)nn2)nn1. The van der Waals surface area contributed by atoms with Gasteiger partial charge in [0.1, 0.15) is 17.9 Å². The summed E-state index contributed by atoms with van der Waals surface area (Å²) in [6, 6.07) is 0. The van der Waals surface area contributed by atoms with Crippen molar-refractivity contribution in [2.75, 3.05) is 25.0 Å². The van der Waals surface area contributed by atoms with Gasteiger partial charge in [-0.2, -0.15) is 0 Å². The number of nitrogens with zero attached hydrogens (tertiary/aromatic N) is 7. The van der Waals surface area contributed by atoms with Gasteiger partial charge in [0.15, 0.2) is 11.5 Å². The molecule has 0 saturated carbocycles. The molecular weight excluding hydrogens is 414 g/mol. The smallest absolute Gasteiger partial charge is 0.361 e. The van der Waals surface area contributed by atoms with Crippen molar-refractivity contribution in [2.24, 2.45) is 0 Å². The standard InChI is InChI=1S/C18H26F2N8O3/c1-18(2,3)31-17(30)14-9-27(24-22-14)5-4-12(19)8-28-10-15(23-25-28)21-16(29)11-26-6-13(20)7-26/h9-10,12-13H,4-8,11H2,1-3H3,(H,21,29). The van der Waals surface area contributed by atoms with E-state index in [-0.39, 0.29) is 56.6 Å². The van der Waals surface area contributed by atoms with E-state index in [4.69, 9.17) is 4.74 Å². The van der Waals surface area contributed by atoms with Gasteiger partial charge in [-0.15, -0.1) is 10.2 Å². The minimum atomic E-state index is -1.26. The summed E-state index contributed by atoms with van der Waals surface area (Å²) >= 11 is 0. The number of aromatic nitrogens is 6. The van der Waals surface area contributed by atoms with Gasteiger partial charge >= 0.3 is 5.97 Å². The van der Waals surface area contributed by atoms with Crippen LogP contribution in [0.4, 0.5) is 14.6 Å². The van der Waals surface area contributed by atoms with E-state index in [9.17, 15) is 18.4 Å². The highest BCUT2D eigenvalue weighted by Crippen LogP contribution is 2.12. The molecule has 0 radical (unpaired) electrons. The number of alkyl halides is 2. The molecule has 1 aliphatic heterocycles. The third-order valence-corrected chi connectivity index (χ3v) is 4.29. The Hall–Kier alpha value is -2.96. The van der Waals surface area contributed by atoms with Crippen LogP contribution in [0.5, 0.6) is 0 Å². The molecule has 1 saturated heterocycles. The van der Waals surface area contributed by atoms with Crippen LogP contribution in [0.2, 0.25) is 0 Å². The highest BCUT2D eigenvalue weighted by molar-refractivity contribution is 5.91. The van der Waals surface area contributed by atoms with Crippen molar-refractivity contribution in [2.45, 2.75) is 58.2 Å². The molecule has 2 aromatic heterocycles. The second-order valence-corrected chi connectivity index (χ2v) is 8.42. The van der Waals surface area contributed by atoms with Crippen molar-refractivity contribution < 1.29 is 23.1 Å². The Morgan fingerprint density at radius 2 is 1.94 bits per heavy atom. The van der Waals surface area contributed by atoms with E-state index in [0.717, 1.165) is 0 Å². The highest BCUT2D eigenvalue weighted by atomic mass is 19.1. The average Bonchev–Trinajstić information content (AvgIpc) is 3.27. The number of aryl methyl sites for hydroxylation is 1. The molecule has 0 bridgehead atoms. The summed E-state index contributed by atoms with van der Waals surface area (Å²) in [5.74, 6) is -0.720. The molecule has 1 fully saturated rings. The molecule has 3 rings (SSSR count). The van der Waals surface area contributed by atoms with Crippen LogP contribution in [-0.2, 0) is 22.6 Å². The van der Waals surface area contributed by atoms with Crippen molar-refractivity contribution in [1.82, 2.24) is 34.9 Å².